The lowest BCUT2D eigenvalue weighted by molar-refractivity contribution is 0.0478. The van der Waals surface area contributed by atoms with Crippen LogP contribution in [0.15, 0.2) is 41.1 Å². The van der Waals surface area contributed by atoms with Gasteiger partial charge in [0.15, 0.2) is 0 Å². The van der Waals surface area contributed by atoms with E-state index in [-0.39, 0.29) is 12.1 Å². The molecule has 33 heavy (non-hydrogen) atoms. The number of ether oxygens (including phenoxy) is 1. The van der Waals surface area contributed by atoms with Gasteiger partial charge in [0, 0.05) is 36.4 Å². The normalized spacial score (nSPS) is 23.8. The molecule has 0 radical (unpaired) electrons. The van der Waals surface area contributed by atoms with Crippen LogP contribution in [0.4, 0.5) is 10.5 Å². The molecule has 1 saturated heterocycles. The lowest BCUT2D eigenvalue weighted by atomic mass is 9.89. The first-order valence-corrected chi connectivity index (χ1v) is 12.4. The molecule has 3 atom stereocenters. The Labute approximate surface area is 197 Å². The topological polar surface area (TPSA) is 79.6 Å². The summed E-state index contributed by atoms with van der Waals surface area (Å²) >= 11 is 0. The van der Waals surface area contributed by atoms with Crippen molar-refractivity contribution < 1.29 is 13.9 Å². The highest BCUT2D eigenvalue weighted by molar-refractivity contribution is 5.68. The number of benzene rings is 1. The predicted molar refractivity (Wildman–Crippen MR) is 130 cm³/mol. The van der Waals surface area contributed by atoms with Gasteiger partial charge in [-0.3, -0.25) is 0 Å². The second-order valence-electron chi connectivity index (χ2n) is 10.4. The molecule has 1 aromatic heterocycles. The molecular weight excluding hydrogens is 416 g/mol. The Balaban J connectivity index is 1.29. The molecule has 1 aromatic carbocycles. The fourth-order valence-electron chi connectivity index (χ4n) is 4.97. The van der Waals surface area contributed by atoms with Crippen LogP contribution in [-0.2, 0) is 4.74 Å². The summed E-state index contributed by atoms with van der Waals surface area (Å²) in [6.45, 7) is 8.81. The summed E-state index contributed by atoms with van der Waals surface area (Å²) in [7, 11) is 0. The Kier molecular flexibility index (Phi) is 7.58. The number of amides is 1. The van der Waals surface area contributed by atoms with Gasteiger partial charge in [-0.2, -0.15) is 0 Å². The van der Waals surface area contributed by atoms with Gasteiger partial charge in [-0.05, 0) is 83.2 Å². The van der Waals surface area contributed by atoms with Crippen LogP contribution in [-0.4, -0.2) is 48.4 Å². The minimum absolute atomic E-state index is 0.135. The Morgan fingerprint density at radius 2 is 1.88 bits per heavy atom. The number of aromatic nitrogens is 1. The van der Waals surface area contributed by atoms with Crippen molar-refractivity contribution in [3.05, 3.63) is 36.7 Å². The molecule has 2 aliphatic rings. The summed E-state index contributed by atoms with van der Waals surface area (Å²) in [5.41, 5.74) is 1.77. The van der Waals surface area contributed by atoms with Crippen molar-refractivity contribution in [3.63, 3.8) is 0 Å². The number of anilines is 1. The first-order chi connectivity index (χ1) is 15.9. The highest BCUT2D eigenvalue weighted by atomic mass is 16.6. The maximum atomic E-state index is 12.3. The van der Waals surface area contributed by atoms with Crippen molar-refractivity contribution in [2.24, 2.45) is 5.92 Å². The monoisotopic (exact) mass is 454 g/mol. The van der Waals surface area contributed by atoms with E-state index in [0.717, 1.165) is 44.5 Å². The second-order valence-corrected chi connectivity index (χ2v) is 10.4. The molecule has 1 amide bonds. The Morgan fingerprint density at radius 3 is 2.58 bits per heavy atom. The smallest absolute Gasteiger partial charge is 0.407 e. The van der Waals surface area contributed by atoms with Crippen LogP contribution in [0, 0.1) is 5.92 Å². The molecule has 2 N–H and O–H groups in total. The highest BCUT2D eigenvalue weighted by Gasteiger charge is 2.29. The van der Waals surface area contributed by atoms with Gasteiger partial charge in [0.1, 0.15) is 11.9 Å². The number of carbonyl (C=O) groups excluding carboxylic acids is 1. The molecule has 180 valence electrons. The van der Waals surface area contributed by atoms with E-state index < -0.39 is 5.60 Å². The van der Waals surface area contributed by atoms with E-state index in [1.54, 1.807) is 12.5 Å². The molecule has 7 nitrogen and oxygen atoms in total. The quantitative estimate of drug-likeness (QED) is 0.641. The third-order valence-electron chi connectivity index (χ3n) is 6.57. The number of nitrogens with zero attached hydrogens (tertiary/aromatic N) is 2. The third kappa shape index (κ3) is 6.73. The molecule has 1 saturated carbocycles. The summed E-state index contributed by atoms with van der Waals surface area (Å²) in [6, 6.07) is 8.93. The van der Waals surface area contributed by atoms with Gasteiger partial charge in [-0.1, -0.05) is 12.8 Å². The van der Waals surface area contributed by atoms with E-state index in [1.807, 2.05) is 20.8 Å². The molecule has 1 aliphatic carbocycles. The Bertz CT molecular complexity index is 876. The summed E-state index contributed by atoms with van der Waals surface area (Å²) in [4.78, 5) is 19.0. The van der Waals surface area contributed by atoms with Crippen LogP contribution in [0.1, 0.15) is 59.3 Å². The summed E-state index contributed by atoms with van der Waals surface area (Å²) < 4.78 is 10.9. The fraction of sp³-hybridized carbons (Fsp3) is 0.615. The van der Waals surface area contributed by atoms with Gasteiger partial charge < -0.3 is 24.7 Å². The van der Waals surface area contributed by atoms with E-state index in [9.17, 15) is 4.79 Å². The maximum Gasteiger partial charge on any atom is 0.407 e. The van der Waals surface area contributed by atoms with Crippen LogP contribution in [0.25, 0.3) is 11.5 Å². The zero-order valence-corrected chi connectivity index (χ0v) is 20.2. The van der Waals surface area contributed by atoms with Crippen LogP contribution >= 0.6 is 0 Å². The number of nitrogens with one attached hydrogen (secondary N) is 2. The van der Waals surface area contributed by atoms with E-state index in [2.05, 4.69) is 44.8 Å². The molecular formula is C26H38N4O3. The zero-order valence-electron chi connectivity index (χ0n) is 20.2. The largest absolute Gasteiger partial charge is 0.445 e. The van der Waals surface area contributed by atoms with E-state index in [4.69, 9.17) is 9.15 Å². The first kappa shape index (κ1) is 23.6. The zero-order chi connectivity index (χ0) is 23.3. The molecule has 2 aromatic rings. The first-order valence-electron chi connectivity index (χ1n) is 12.4. The molecule has 1 unspecified atom stereocenters. The fourth-order valence-corrected chi connectivity index (χ4v) is 4.97. The third-order valence-corrected chi connectivity index (χ3v) is 6.57. The van der Waals surface area contributed by atoms with Gasteiger partial charge in [-0.25, -0.2) is 9.78 Å². The highest BCUT2D eigenvalue weighted by Crippen LogP contribution is 2.27. The number of piperidine rings is 1. The second kappa shape index (κ2) is 10.6. The standard InChI is InChI=1S/C26H38N4O3/c1-26(2,3)33-25(31)29-23-9-5-4-8-22(23)28-17-19-7-6-15-30(18-19)21-12-10-20(11-13-21)24-27-14-16-32-24/h10-14,16,19,22-23,28H,4-9,15,17-18H2,1-3H3,(H,29,31)/t19?,22-,23-/m1/s1. The van der Waals surface area contributed by atoms with Crippen LogP contribution in [0.5, 0.6) is 0 Å². The van der Waals surface area contributed by atoms with Crippen molar-refractivity contribution in [3.8, 4) is 11.5 Å². The van der Waals surface area contributed by atoms with Crippen molar-refractivity contribution in [1.82, 2.24) is 15.6 Å². The van der Waals surface area contributed by atoms with Crippen molar-refractivity contribution in [2.45, 2.75) is 77.0 Å². The van der Waals surface area contributed by atoms with E-state index in [1.165, 1.54) is 24.9 Å². The molecule has 2 fully saturated rings. The molecule has 0 spiro atoms. The number of alkyl carbamates (subject to hydrolysis) is 1. The number of hydrogen-bond acceptors (Lipinski definition) is 6. The SMILES string of the molecule is CC(C)(C)OC(=O)N[C@@H]1CCCC[C@H]1NCC1CCCN(c2ccc(-c3ncco3)cc2)C1. The molecule has 0 bridgehead atoms. The molecule has 4 rings (SSSR count). The molecule has 1 aliphatic heterocycles. The summed E-state index contributed by atoms with van der Waals surface area (Å²) in [6.07, 6.45) is 9.85. The summed E-state index contributed by atoms with van der Waals surface area (Å²) in [5, 5.41) is 6.91. The van der Waals surface area contributed by atoms with Gasteiger partial charge in [0.25, 0.3) is 0 Å². The van der Waals surface area contributed by atoms with Crippen molar-refractivity contribution in [2.75, 3.05) is 24.5 Å². The van der Waals surface area contributed by atoms with Crippen LogP contribution in [0.2, 0.25) is 0 Å². The summed E-state index contributed by atoms with van der Waals surface area (Å²) in [5.74, 6) is 1.25. The average molecular weight is 455 g/mol. The lowest BCUT2D eigenvalue weighted by Crippen LogP contribution is -2.54. The van der Waals surface area contributed by atoms with Gasteiger partial charge in [0.05, 0.1) is 6.20 Å². The van der Waals surface area contributed by atoms with E-state index in [0.29, 0.717) is 17.9 Å². The van der Waals surface area contributed by atoms with Crippen LogP contribution < -0.4 is 15.5 Å². The number of hydrogen-bond donors (Lipinski definition) is 2. The Hall–Kier alpha value is -2.54. The van der Waals surface area contributed by atoms with Crippen molar-refractivity contribution >= 4 is 11.8 Å². The minimum Gasteiger partial charge on any atom is -0.445 e. The van der Waals surface area contributed by atoms with E-state index >= 15 is 0 Å². The molecule has 7 heteroatoms. The number of oxazole rings is 1. The molecule has 2 heterocycles. The van der Waals surface area contributed by atoms with Crippen molar-refractivity contribution in [1.29, 1.82) is 0 Å². The maximum absolute atomic E-state index is 12.3. The van der Waals surface area contributed by atoms with Gasteiger partial charge in [-0.15, -0.1) is 0 Å². The van der Waals surface area contributed by atoms with Gasteiger partial charge in [0.2, 0.25) is 5.89 Å². The average Bonchev–Trinajstić information content (AvgIpc) is 3.33. The van der Waals surface area contributed by atoms with Gasteiger partial charge >= 0.3 is 6.09 Å². The predicted octanol–water partition coefficient (Wildman–Crippen LogP) is 4.98. The number of rotatable bonds is 6. The Morgan fingerprint density at radius 1 is 1.12 bits per heavy atom. The lowest BCUT2D eigenvalue weighted by Gasteiger charge is -2.37. The number of carbonyl (C=O) groups is 1. The minimum atomic E-state index is -0.472. The van der Waals surface area contributed by atoms with Crippen LogP contribution in [0.3, 0.4) is 0 Å².